The molecule has 24 heavy (non-hydrogen) atoms. The van der Waals surface area contributed by atoms with Crippen LogP contribution in [0.2, 0.25) is 0 Å². The second-order valence-corrected chi connectivity index (χ2v) is 7.11. The molecule has 6 nitrogen and oxygen atoms in total. The summed E-state index contributed by atoms with van der Waals surface area (Å²) in [5.74, 6) is 0. The first-order valence-electron chi connectivity index (χ1n) is 8.19. The van der Waals surface area contributed by atoms with E-state index in [9.17, 15) is 4.79 Å². The maximum absolute atomic E-state index is 12.4. The first kappa shape index (κ1) is 16.8. The van der Waals surface area contributed by atoms with Gasteiger partial charge in [0.15, 0.2) is 0 Å². The maximum atomic E-state index is 12.4. The standard InChI is InChI=1S/C17H23N5OS/c1-21(15-9-6-10-16(15)24-2)17(23)18-11-13-12-22(20-19-13)14-7-4-3-5-8-14/h3-5,7-8,12,15-16H,6,9-11H2,1-2H3,(H,18,23)/t15-,16-/m0/s1. The molecule has 1 aromatic carbocycles. The van der Waals surface area contributed by atoms with Gasteiger partial charge in [0.25, 0.3) is 0 Å². The van der Waals surface area contributed by atoms with Crippen LogP contribution in [-0.2, 0) is 6.54 Å². The molecule has 0 saturated heterocycles. The van der Waals surface area contributed by atoms with Gasteiger partial charge in [-0.1, -0.05) is 29.8 Å². The van der Waals surface area contributed by atoms with Crippen molar-refractivity contribution in [2.75, 3.05) is 13.3 Å². The molecule has 2 atom stereocenters. The van der Waals surface area contributed by atoms with Gasteiger partial charge >= 0.3 is 6.03 Å². The van der Waals surface area contributed by atoms with Gasteiger partial charge in [0, 0.05) is 18.3 Å². The minimum atomic E-state index is -0.0461. The van der Waals surface area contributed by atoms with Crippen LogP contribution in [0.25, 0.3) is 5.69 Å². The number of aromatic nitrogens is 3. The Balaban J connectivity index is 1.56. The normalized spacial score (nSPS) is 20.1. The van der Waals surface area contributed by atoms with E-state index >= 15 is 0 Å². The summed E-state index contributed by atoms with van der Waals surface area (Å²) in [5.41, 5.74) is 1.70. The van der Waals surface area contributed by atoms with Crippen molar-refractivity contribution in [1.29, 1.82) is 0 Å². The Morgan fingerprint density at radius 1 is 1.38 bits per heavy atom. The Morgan fingerprint density at radius 3 is 2.92 bits per heavy atom. The molecule has 1 saturated carbocycles. The SMILES string of the molecule is CS[C@H]1CCC[C@@H]1N(C)C(=O)NCc1cn(-c2ccccc2)nn1. The van der Waals surface area contributed by atoms with Gasteiger partial charge in [-0.3, -0.25) is 0 Å². The Labute approximate surface area is 146 Å². The number of nitrogens with zero attached hydrogens (tertiary/aromatic N) is 4. The molecule has 0 spiro atoms. The van der Waals surface area contributed by atoms with Crippen LogP contribution >= 0.6 is 11.8 Å². The van der Waals surface area contributed by atoms with E-state index in [0.717, 1.165) is 17.8 Å². The molecule has 0 unspecified atom stereocenters. The van der Waals surface area contributed by atoms with Crippen LogP contribution in [0.1, 0.15) is 25.0 Å². The van der Waals surface area contributed by atoms with Gasteiger partial charge in [0.1, 0.15) is 5.69 Å². The first-order valence-corrected chi connectivity index (χ1v) is 9.48. The van der Waals surface area contributed by atoms with E-state index in [2.05, 4.69) is 21.9 Å². The summed E-state index contributed by atoms with van der Waals surface area (Å²) >= 11 is 1.85. The lowest BCUT2D eigenvalue weighted by molar-refractivity contribution is 0.191. The van der Waals surface area contributed by atoms with Crippen LogP contribution in [-0.4, -0.2) is 50.5 Å². The van der Waals surface area contributed by atoms with Crippen molar-refractivity contribution in [3.8, 4) is 5.69 Å². The summed E-state index contributed by atoms with van der Waals surface area (Å²) in [7, 11) is 1.88. The summed E-state index contributed by atoms with van der Waals surface area (Å²) < 4.78 is 1.71. The zero-order chi connectivity index (χ0) is 16.9. The number of hydrogen-bond acceptors (Lipinski definition) is 4. The van der Waals surface area contributed by atoms with Gasteiger partial charge in [0.2, 0.25) is 0 Å². The molecule has 1 fully saturated rings. The Bertz CT molecular complexity index is 675. The first-order chi connectivity index (χ1) is 11.7. The van der Waals surface area contributed by atoms with Gasteiger partial charge in [-0.2, -0.15) is 11.8 Å². The molecule has 0 aliphatic heterocycles. The van der Waals surface area contributed by atoms with Crippen LogP contribution in [0.4, 0.5) is 4.79 Å². The fourth-order valence-electron chi connectivity index (χ4n) is 3.15. The molecular formula is C17H23N5OS. The molecule has 1 aromatic heterocycles. The van der Waals surface area contributed by atoms with Crippen molar-refractivity contribution in [2.24, 2.45) is 0 Å². The van der Waals surface area contributed by atoms with E-state index in [4.69, 9.17) is 0 Å². The third-order valence-corrected chi connectivity index (χ3v) is 5.68. The van der Waals surface area contributed by atoms with Gasteiger partial charge in [-0.05, 0) is 31.2 Å². The number of urea groups is 1. The van der Waals surface area contributed by atoms with Gasteiger partial charge in [-0.25, -0.2) is 9.48 Å². The molecule has 1 N–H and O–H groups in total. The average Bonchev–Trinajstić information content (AvgIpc) is 3.28. The number of amides is 2. The predicted molar refractivity (Wildman–Crippen MR) is 96.3 cm³/mol. The molecule has 2 aromatic rings. The van der Waals surface area contributed by atoms with Crippen molar-refractivity contribution in [3.63, 3.8) is 0 Å². The fourth-order valence-corrected chi connectivity index (χ4v) is 4.19. The Kier molecular flexibility index (Phi) is 5.40. The quantitative estimate of drug-likeness (QED) is 0.905. The smallest absolute Gasteiger partial charge is 0.317 e. The lowest BCUT2D eigenvalue weighted by Crippen LogP contribution is -2.45. The van der Waals surface area contributed by atoms with Crippen LogP contribution < -0.4 is 5.32 Å². The summed E-state index contributed by atoms with van der Waals surface area (Å²) in [5, 5.41) is 11.7. The highest BCUT2D eigenvalue weighted by molar-refractivity contribution is 7.99. The summed E-state index contributed by atoms with van der Waals surface area (Å²) in [6, 6.07) is 10.1. The zero-order valence-electron chi connectivity index (χ0n) is 14.1. The highest BCUT2D eigenvalue weighted by Gasteiger charge is 2.32. The molecule has 0 bridgehead atoms. The van der Waals surface area contributed by atoms with Crippen LogP contribution in [0, 0.1) is 0 Å². The molecule has 128 valence electrons. The second-order valence-electron chi connectivity index (χ2n) is 6.03. The lowest BCUT2D eigenvalue weighted by Gasteiger charge is -2.28. The Hall–Kier alpha value is -2.02. The number of rotatable bonds is 5. The number of hydrogen-bond donors (Lipinski definition) is 1. The fraction of sp³-hybridized carbons (Fsp3) is 0.471. The maximum Gasteiger partial charge on any atom is 0.317 e. The monoisotopic (exact) mass is 345 g/mol. The van der Waals surface area contributed by atoms with E-state index in [1.54, 1.807) is 4.68 Å². The van der Waals surface area contributed by atoms with Gasteiger partial charge in [-0.15, -0.1) is 5.10 Å². The van der Waals surface area contributed by atoms with Crippen molar-refractivity contribution in [2.45, 2.75) is 37.1 Å². The number of carbonyl (C=O) groups is 1. The Morgan fingerprint density at radius 2 is 2.17 bits per heavy atom. The molecule has 7 heteroatoms. The van der Waals surface area contributed by atoms with E-state index in [1.165, 1.54) is 12.8 Å². The molecule has 2 amide bonds. The molecule has 1 heterocycles. The molecule has 1 aliphatic carbocycles. The number of benzene rings is 1. The van der Waals surface area contributed by atoms with Gasteiger partial charge < -0.3 is 10.2 Å². The van der Waals surface area contributed by atoms with Gasteiger partial charge in [0.05, 0.1) is 18.4 Å². The number of nitrogens with one attached hydrogen (secondary N) is 1. The highest BCUT2D eigenvalue weighted by atomic mass is 32.2. The molecular weight excluding hydrogens is 322 g/mol. The predicted octanol–water partition coefficient (Wildman–Crippen LogP) is 2.69. The minimum Gasteiger partial charge on any atom is -0.332 e. The van der Waals surface area contributed by atoms with Crippen molar-refractivity contribution in [3.05, 3.63) is 42.2 Å². The molecule has 1 aliphatic rings. The summed E-state index contributed by atoms with van der Waals surface area (Å²) in [4.78, 5) is 14.2. The second kappa shape index (κ2) is 7.70. The van der Waals surface area contributed by atoms with E-state index < -0.39 is 0 Å². The van der Waals surface area contributed by atoms with Crippen LogP contribution in [0.5, 0.6) is 0 Å². The third kappa shape index (κ3) is 3.72. The summed E-state index contributed by atoms with van der Waals surface area (Å²) in [6.45, 7) is 0.382. The van der Waals surface area contributed by atoms with Crippen molar-refractivity contribution < 1.29 is 4.79 Å². The number of para-hydroxylation sites is 1. The van der Waals surface area contributed by atoms with E-state index in [0.29, 0.717) is 17.8 Å². The molecule has 3 rings (SSSR count). The van der Waals surface area contributed by atoms with E-state index in [1.807, 2.05) is 60.2 Å². The number of thioether (sulfide) groups is 1. The average molecular weight is 345 g/mol. The van der Waals surface area contributed by atoms with Crippen molar-refractivity contribution >= 4 is 17.8 Å². The van der Waals surface area contributed by atoms with Crippen LogP contribution in [0.15, 0.2) is 36.5 Å². The van der Waals surface area contributed by atoms with E-state index in [-0.39, 0.29) is 6.03 Å². The highest BCUT2D eigenvalue weighted by Crippen LogP contribution is 2.31. The largest absolute Gasteiger partial charge is 0.332 e. The third-order valence-electron chi connectivity index (χ3n) is 4.52. The number of carbonyl (C=O) groups excluding carboxylic acids is 1. The topological polar surface area (TPSA) is 63.1 Å². The lowest BCUT2D eigenvalue weighted by atomic mass is 10.2. The summed E-state index contributed by atoms with van der Waals surface area (Å²) in [6.07, 6.45) is 7.43. The zero-order valence-corrected chi connectivity index (χ0v) is 14.9. The molecule has 0 radical (unpaired) electrons. The van der Waals surface area contributed by atoms with Crippen LogP contribution in [0.3, 0.4) is 0 Å². The van der Waals surface area contributed by atoms with Crippen molar-refractivity contribution in [1.82, 2.24) is 25.2 Å². The minimum absolute atomic E-state index is 0.0461.